The Hall–Kier alpha value is -3.45. The Balaban J connectivity index is 1.41. The maximum atomic E-state index is 13.9. The number of ether oxygens (including phenoxy) is 1. The lowest BCUT2D eigenvalue weighted by molar-refractivity contribution is -0.123. The van der Waals surface area contributed by atoms with Gasteiger partial charge in [0.1, 0.15) is 23.9 Å². The Morgan fingerprint density at radius 3 is 2.39 bits per heavy atom. The second-order valence-electron chi connectivity index (χ2n) is 6.96. The van der Waals surface area contributed by atoms with Crippen LogP contribution in [0.4, 0.5) is 9.18 Å². The summed E-state index contributed by atoms with van der Waals surface area (Å²) in [6, 6.07) is 20.5. The monoisotopic (exact) mass is 480 g/mol. The second kappa shape index (κ2) is 9.14. The smallest absolute Gasteiger partial charge is 0.329 e. The van der Waals surface area contributed by atoms with Gasteiger partial charge in [-0.3, -0.25) is 9.69 Å². The van der Waals surface area contributed by atoms with Crippen LogP contribution in [0.2, 0.25) is 0 Å². The van der Waals surface area contributed by atoms with E-state index in [2.05, 4.69) is 21.2 Å². The van der Waals surface area contributed by atoms with E-state index in [1.807, 2.05) is 24.3 Å². The van der Waals surface area contributed by atoms with Crippen LogP contribution in [0.25, 0.3) is 6.08 Å². The van der Waals surface area contributed by atoms with E-state index in [-0.39, 0.29) is 17.8 Å². The van der Waals surface area contributed by atoms with Crippen LogP contribution in [0.15, 0.2) is 83.0 Å². The lowest BCUT2D eigenvalue weighted by Gasteiger charge is -2.12. The number of nitrogens with one attached hydrogen (secondary N) is 1. The fourth-order valence-corrected chi connectivity index (χ4v) is 3.35. The van der Waals surface area contributed by atoms with Crippen molar-refractivity contribution in [2.45, 2.75) is 13.2 Å². The lowest BCUT2D eigenvalue weighted by atomic mass is 10.1. The van der Waals surface area contributed by atoms with Gasteiger partial charge in [0.25, 0.3) is 5.91 Å². The van der Waals surface area contributed by atoms with Gasteiger partial charge in [0.05, 0.1) is 6.54 Å². The van der Waals surface area contributed by atoms with E-state index >= 15 is 0 Å². The fourth-order valence-electron chi connectivity index (χ4n) is 3.09. The minimum Gasteiger partial charge on any atom is -0.489 e. The average Bonchev–Trinajstić information content (AvgIpc) is 3.03. The number of benzene rings is 3. The zero-order valence-corrected chi connectivity index (χ0v) is 17.9. The van der Waals surface area contributed by atoms with Gasteiger partial charge in [-0.05, 0) is 47.5 Å². The highest BCUT2D eigenvalue weighted by atomic mass is 79.9. The minimum atomic E-state index is -0.575. The third kappa shape index (κ3) is 5.00. The minimum absolute atomic E-state index is 0.127. The van der Waals surface area contributed by atoms with E-state index in [4.69, 9.17) is 4.74 Å². The molecule has 3 amide bonds. The molecule has 1 fully saturated rings. The SMILES string of the molecule is O=C1NC(=Cc2ccc(OCc3ccc(Br)cc3)cc2)C(=O)N1Cc1ccccc1F. The van der Waals surface area contributed by atoms with E-state index in [0.717, 1.165) is 20.5 Å². The fraction of sp³-hybridized carbons (Fsp3) is 0.0833. The molecule has 0 spiro atoms. The van der Waals surface area contributed by atoms with Gasteiger partial charge >= 0.3 is 6.03 Å². The van der Waals surface area contributed by atoms with Gasteiger partial charge in [-0.2, -0.15) is 0 Å². The molecule has 0 atom stereocenters. The highest BCUT2D eigenvalue weighted by Crippen LogP contribution is 2.20. The molecule has 31 heavy (non-hydrogen) atoms. The number of amides is 3. The number of halogens is 2. The molecule has 1 aliphatic rings. The standard InChI is InChI=1S/C24H18BrFN2O3/c25-19-9-5-17(6-10-19)15-31-20-11-7-16(8-12-20)13-22-23(29)28(24(30)27-22)14-18-3-1-2-4-21(18)26/h1-13H,14-15H2,(H,27,30). The summed E-state index contributed by atoms with van der Waals surface area (Å²) in [5.74, 6) is -0.267. The third-order valence-corrected chi connectivity index (χ3v) is 5.29. The van der Waals surface area contributed by atoms with Gasteiger partial charge in [-0.15, -0.1) is 0 Å². The molecule has 0 aliphatic carbocycles. The third-order valence-electron chi connectivity index (χ3n) is 4.76. The molecule has 1 N–H and O–H groups in total. The first-order chi connectivity index (χ1) is 15.0. The molecule has 7 heteroatoms. The summed E-state index contributed by atoms with van der Waals surface area (Å²) < 4.78 is 20.7. The average molecular weight is 481 g/mol. The molecule has 1 heterocycles. The maximum absolute atomic E-state index is 13.9. The molecule has 4 rings (SSSR count). The van der Waals surface area contributed by atoms with Crippen molar-refractivity contribution >= 4 is 33.9 Å². The lowest BCUT2D eigenvalue weighted by Crippen LogP contribution is -2.30. The molecule has 1 aliphatic heterocycles. The van der Waals surface area contributed by atoms with Crippen molar-refractivity contribution in [1.29, 1.82) is 0 Å². The zero-order chi connectivity index (χ0) is 21.8. The molecule has 0 aromatic heterocycles. The first kappa shape index (κ1) is 20.8. The van der Waals surface area contributed by atoms with Crippen molar-refractivity contribution in [3.63, 3.8) is 0 Å². The van der Waals surface area contributed by atoms with E-state index in [1.54, 1.807) is 48.5 Å². The van der Waals surface area contributed by atoms with Crippen molar-refractivity contribution in [1.82, 2.24) is 10.2 Å². The normalized spacial score (nSPS) is 14.8. The van der Waals surface area contributed by atoms with E-state index in [9.17, 15) is 14.0 Å². The first-order valence-electron chi connectivity index (χ1n) is 9.55. The van der Waals surface area contributed by atoms with Crippen LogP contribution in [0.3, 0.4) is 0 Å². The van der Waals surface area contributed by atoms with Crippen molar-refractivity contribution < 1.29 is 18.7 Å². The molecular weight excluding hydrogens is 463 g/mol. The number of hydrogen-bond acceptors (Lipinski definition) is 3. The molecule has 3 aromatic rings. The Bertz CT molecular complexity index is 1140. The molecule has 0 unspecified atom stereocenters. The molecule has 0 radical (unpaired) electrons. The van der Waals surface area contributed by atoms with Crippen molar-refractivity contribution in [2.24, 2.45) is 0 Å². The molecule has 0 saturated carbocycles. The summed E-state index contributed by atoms with van der Waals surface area (Å²) in [4.78, 5) is 25.8. The van der Waals surface area contributed by atoms with Crippen molar-refractivity contribution in [3.05, 3.63) is 105 Å². The van der Waals surface area contributed by atoms with E-state index < -0.39 is 17.8 Å². The van der Waals surface area contributed by atoms with Crippen LogP contribution in [0, 0.1) is 5.82 Å². The van der Waals surface area contributed by atoms with Crippen LogP contribution in [-0.2, 0) is 17.9 Å². The molecular formula is C24H18BrFN2O3. The molecule has 3 aromatic carbocycles. The van der Waals surface area contributed by atoms with Gasteiger partial charge < -0.3 is 10.1 Å². The Morgan fingerprint density at radius 1 is 0.968 bits per heavy atom. The number of rotatable bonds is 6. The van der Waals surface area contributed by atoms with Gasteiger partial charge in [0.15, 0.2) is 0 Å². The van der Waals surface area contributed by atoms with Crippen LogP contribution in [0.5, 0.6) is 5.75 Å². The molecule has 0 bridgehead atoms. The van der Waals surface area contributed by atoms with Crippen LogP contribution >= 0.6 is 15.9 Å². The van der Waals surface area contributed by atoms with Gasteiger partial charge in [-0.1, -0.05) is 58.4 Å². The zero-order valence-electron chi connectivity index (χ0n) is 16.3. The molecule has 156 valence electrons. The number of carbonyl (C=O) groups excluding carboxylic acids is 2. The summed E-state index contributed by atoms with van der Waals surface area (Å²) >= 11 is 3.40. The van der Waals surface area contributed by atoms with Gasteiger partial charge in [0, 0.05) is 10.0 Å². The van der Waals surface area contributed by atoms with Gasteiger partial charge in [0.2, 0.25) is 0 Å². The number of urea groups is 1. The number of hydrogen-bond donors (Lipinski definition) is 1. The largest absolute Gasteiger partial charge is 0.489 e. The molecule has 5 nitrogen and oxygen atoms in total. The Kier molecular flexibility index (Phi) is 6.13. The summed E-state index contributed by atoms with van der Waals surface area (Å²) in [7, 11) is 0. The first-order valence-corrected chi connectivity index (χ1v) is 10.3. The maximum Gasteiger partial charge on any atom is 0.329 e. The summed E-state index contributed by atoms with van der Waals surface area (Å²) in [5, 5.41) is 2.55. The van der Waals surface area contributed by atoms with E-state index in [1.165, 1.54) is 6.07 Å². The van der Waals surface area contributed by atoms with Crippen LogP contribution < -0.4 is 10.1 Å². The number of carbonyl (C=O) groups is 2. The molecule has 1 saturated heterocycles. The highest BCUT2D eigenvalue weighted by Gasteiger charge is 2.33. The van der Waals surface area contributed by atoms with Crippen LogP contribution in [0.1, 0.15) is 16.7 Å². The summed E-state index contributed by atoms with van der Waals surface area (Å²) in [6.45, 7) is 0.310. The van der Waals surface area contributed by atoms with Crippen molar-refractivity contribution in [2.75, 3.05) is 0 Å². The number of nitrogens with zero attached hydrogens (tertiary/aromatic N) is 1. The predicted octanol–water partition coefficient (Wildman–Crippen LogP) is 5.26. The highest BCUT2D eigenvalue weighted by molar-refractivity contribution is 9.10. The van der Waals surface area contributed by atoms with Crippen molar-refractivity contribution in [3.8, 4) is 5.75 Å². The van der Waals surface area contributed by atoms with Crippen LogP contribution in [-0.4, -0.2) is 16.8 Å². The van der Waals surface area contributed by atoms with E-state index in [0.29, 0.717) is 12.4 Å². The predicted molar refractivity (Wildman–Crippen MR) is 118 cm³/mol. The second-order valence-corrected chi connectivity index (χ2v) is 7.87. The topological polar surface area (TPSA) is 58.6 Å². The Labute approximate surface area is 187 Å². The Morgan fingerprint density at radius 2 is 1.68 bits per heavy atom. The number of imide groups is 1. The van der Waals surface area contributed by atoms with Gasteiger partial charge in [-0.25, -0.2) is 9.18 Å². The quantitative estimate of drug-likeness (QED) is 0.386. The summed E-state index contributed by atoms with van der Waals surface area (Å²) in [6.07, 6.45) is 1.58. The summed E-state index contributed by atoms with van der Waals surface area (Å²) in [5.41, 5.74) is 2.19.